The molecule has 0 aromatic rings. The molecule has 1 aliphatic rings. The lowest BCUT2D eigenvalue weighted by atomic mass is 10.2. The Bertz CT molecular complexity index is 95.3. The topological polar surface area (TPSA) is 23.5 Å². The molecular formula is C8H17NO. The summed E-state index contributed by atoms with van der Waals surface area (Å²) in [5, 5.41) is 9.28. The summed E-state index contributed by atoms with van der Waals surface area (Å²) in [5.41, 5.74) is 0. The van der Waals surface area contributed by atoms with Crippen molar-refractivity contribution < 1.29 is 5.11 Å². The minimum Gasteiger partial charge on any atom is -0.393 e. The summed E-state index contributed by atoms with van der Waals surface area (Å²) < 4.78 is 0. The van der Waals surface area contributed by atoms with Crippen molar-refractivity contribution >= 4 is 0 Å². The first-order valence-electron chi connectivity index (χ1n) is 4.23. The van der Waals surface area contributed by atoms with Crippen LogP contribution < -0.4 is 0 Å². The molecule has 1 aliphatic heterocycles. The van der Waals surface area contributed by atoms with Gasteiger partial charge in [-0.3, -0.25) is 0 Å². The molecule has 1 fully saturated rings. The number of rotatable bonds is 1. The van der Waals surface area contributed by atoms with Gasteiger partial charge >= 0.3 is 0 Å². The third-order valence-corrected chi connectivity index (χ3v) is 2.24. The van der Waals surface area contributed by atoms with E-state index in [1.807, 2.05) is 0 Å². The summed E-state index contributed by atoms with van der Waals surface area (Å²) in [6, 6.07) is 0. The minimum atomic E-state index is -0.0310. The molecule has 2 heteroatoms. The molecule has 10 heavy (non-hydrogen) atoms. The highest BCUT2D eigenvalue weighted by Gasteiger charge is 2.12. The Hall–Kier alpha value is -0.0800. The van der Waals surface area contributed by atoms with Crippen molar-refractivity contribution in [3.8, 4) is 0 Å². The summed E-state index contributed by atoms with van der Waals surface area (Å²) in [7, 11) is 0. The number of aliphatic hydroxyl groups excluding tert-OH is 1. The van der Waals surface area contributed by atoms with E-state index >= 15 is 0 Å². The molecule has 2 nitrogen and oxygen atoms in total. The van der Waals surface area contributed by atoms with E-state index in [1.165, 1.54) is 6.54 Å². The zero-order valence-corrected chi connectivity index (χ0v) is 6.71. The van der Waals surface area contributed by atoms with E-state index in [-0.39, 0.29) is 6.10 Å². The van der Waals surface area contributed by atoms with Gasteiger partial charge in [-0.15, -0.1) is 0 Å². The number of aliphatic hydroxyl groups is 1. The Morgan fingerprint density at radius 1 is 1.40 bits per heavy atom. The molecule has 1 saturated heterocycles. The highest BCUT2D eigenvalue weighted by atomic mass is 16.3. The summed E-state index contributed by atoms with van der Waals surface area (Å²) in [4.78, 5) is 2.40. The SMILES string of the molecule is CCN1CCCC(O)CC1. The standard InChI is InChI=1S/C8H17NO/c1-2-9-6-3-4-8(10)5-7-9/h8,10H,2-7H2,1H3. The molecule has 0 aromatic carbocycles. The van der Waals surface area contributed by atoms with Gasteiger partial charge in [0, 0.05) is 6.54 Å². The Morgan fingerprint density at radius 3 is 2.90 bits per heavy atom. The molecule has 0 bridgehead atoms. The van der Waals surface area contributed by atoms with Crippen molar-refractivity contribution in [1.82, 2.24) is 4.90 Å². The van der Waals surface area contributed by atoms with Crippen LogP contribution in [0.4, 0.5) is 0 Å². The van der Waals surface area contributed by atoms with Crippen LogP contribution >= 0.6 is 0 Å². The smallest absolute Gasteiger partial charge is 0.0553 e. The zero-order chi connectivity index (χ0) is 7.40. The Labute approximate surface area is 62.8 Å². The molecule has 1 N–H and O–H groups in total. The predicted molar refractivity (Wildman–Crippen MR) is 42.0 cm³/mol. The largest absolute Gasteiger partial charge is 0.393 e. The average Bonchev–Trinajstić information content (AvgIpc) is 2.14. The highest BCUT2D eigenvalue weighted by molar-refractivity contribution is 4.67. The van der Waals surface area contributed by atoms with Gasteiger partial charge in [-0.25, -0.2) is 0 Å². The normalized spacial score (nSPS) is 30.0. The van der Waals surface area contributed by atoms with E-state index in [0.29, 0.717) is 0 Å². The summed E-state index contributed by atoms with van der Waals surface area (Å²) in [5.74, 6) is 0. The number of likely N-dealkylation sites (tertiary alicyclic amines) is 1. The van der Waals surface area contributed by atoms with Gasteiger partial charge in [0.05, 0.1) is 6.10 Å². The first-order chi connectivity index (χ1) is 4.83. The Kier molecular flexibility index (Phi) is 3.16. The van der Waals surface area contributed by atoms with Crippen LogP contribution in [-0.4, -0.2) is 35.7 Å². The first kappa shape index (κ1) is 8.02. The van der Waals surface area contributed by atoms with E-state index in [1.54, 1.807) is 0 Å². The molecule has 0 radical (unpaired) electrons. The van der Waals surface area contributed by atoms with Crippen LogP contribution in [0.2, 0.25) is 0 Å². The van der Waals surface area contributed by atoms with Crippen LogP contribution in [0.25, 0.3) is 0 Å². The molecule has 1 heterocycles. The lowest BCUT2D eigenvalue weighted by Gasteiger charge is -2.16. The maximum absolute atomic E-state index is 9.28. The minimum absolute atomic E-state index is 0.0310. The molecule has 0 spiro atoms. The molecule has 60 valence electrons. The molecule has 0 aliphatic carbocycles. The number of hydrogen-bond donors (Lipinski definition) is 1. The molecule has 0 aromatic heterocycles. The van der Waals surface area contributed by atoms with Crippen LogP contribution in [0.5, 0.6) is 0 Å². The quantitative estimate of drug-likeness (QED) is 0.588. The summed E-state index contributed by atoms with van der Waals surface area (Å²) in [6.07, 6.45) is 3.09. The zero-order valence-electron chi connectivity index (χ0n) is 6.71. The van der Waals surface area contributed by atoms with Crippen LogP contribution in [0.15, 0.2) is 0 Å². The van der Waals surface area contributed by atoms with Crippen molar-refractivity contribution in [2.75, 3.05) is 19.6 Å². The van der Waals surface area contributed by atoms with Crippen LogP contribution in [-0.2, 0) is 0 Å². The monoisotopic (exact) mass is 143 g/mol. The number of nitrogens with zero attached hydrogens (tertiary/aromatic N) is 1. The first-order valence-corrected chi connectivity index (χ1v) is 4.23. The van der Waals surface area contributed by atoms with Gasteiger partial charge < -0.3 is 10.0 Å². The molecule has 1 unspecified atom stereocenters. The van der Waals surface area contributed by atoms with E-state index in [4.69, 9.17) is 0 Å². The van der Waals surface area contributed by atoms with Gasteiger partial charge in [0.15, 0.2) is 0 Å². The second kappa shape index (κ2) is 3.94. The van der Waals surface area contributed by atoms with Crippen molar-refractivity contribution in [2.24, 2.45) is 0 Å². The lowest BCUT2D eigenvalue weighted by molar-refractivity contribution is 0.156. The highest BCUT2D eigenvalue weighted by Crippen LogP contribution is 2.09. The van der Waals surface area contributed by atoms with Gasteiger partial charge in [0.1, 0.15) is 0 Å². The lowest BCUT2D eigenvalue weighted by Crippen LogP contribution is -2.24. The predicted octanol–water partition coefficient (Wildman–Crippen LogP) is 0.853. The van der Waals surface area contributed by atoms with Crippen molar-refractivity contribution in [3.63, 3.8) is 0 Å². The van der Waals surface area contributed by atoms with Gasteiger partial charge in [-0.2, -0.15) is 0 Å². The maximum Gasteiger partial charge on any atom is 0.0553 e. The fourth-order valence-electron chi connectivity index (χ4n) is 1.45. The van der Waals surface area contributed by atoms with Gasteiger partial charge in [-0.1, -0.05) is 6.92 Å². The molecule has 0 saturated carbocycles. The maximum atomic E-state index is 9.28. The second-order valence-electron chi connectivity index (χ2n) is 3.02. The third kappa shape index (κ3) is 2.27. The molecule has 1 atom stereocenters. The van der Waals surface area contributed by atoms with E-state index in [0.717, 1.165) is 32.4 Å². The number of hydrogen-bond acceptors (Lipinski definition) is 2. The molecule has 1 rings (SSSR count). The van der Waals surface area contributed by atoms with Crippen LogP contribution in [0.3, 0.4) is 0 Å². The molecular weight excluding hydrogens is 126 g/mol. The average molecular weight is 143 g/mol. The van der Waals surface area contributed by atoms with Crippen LogP contribution in [0.1, 0.15) is 26.2 Å². The van der Waals surface area contributed by atoms with E-state index < -0.39 is 0 Å². The van der Waals surface area contributed by atoms with Gasteiger partial charge in [-0.05, 0) is 32.4 Å². The molecule has 0 amide bonds. The fourth-order valence-corrected chi connectivity index (χ4v) is 1.45. The Balaban J connectivity index is 2.26. The van der Waals surface area contributed by atoms with Gasteiger partial charge in [0.2, 0.25) is 0 Å². The summed E-state index contributed by atoms with van der Waals surface area (Å²) >= 11 is 0. The Morgan fingerprint density at radius 2 is 2.20 bits per heavy atom. The second-order valence-corrected chi connectivity index (χ2v) is 3.02. The van der Waals surface area contributed by atoms with Crippen molar-refractivity contribution in [2.45, 2.75) is 32.3 Å². The third-order valence-electron chi connectivity index (χ3n) is 2.24. The van der Waals surface area contributed by atoms with Crippen molar-refractivity contribution in [1.29, 1.82) is 0 Å². The van der Waals surface area contributed by atoms with Gasteiger partial charge in [0.25, 0.3) is 0 Å². The van der Waals surface area contributed by atoms with Crippen molar-refractivity contribution in [3.05, 3.63) is 0 Å². The summed E-state index contributed by atoms with van der Waals surface area (Å²) in [6.45, 7) is 5.57. The van der Waals surface area contributed by atoms with E-state index in [9.17, 15) is 5.11 Å². The van der Waals surface area contributed by atoms with E-state index in [2.05, 4.69) is 11.8 Å². The van der Waals surface area contributed by atoms with Crippen LogP contribution in [0, 0.1) is 0 Å². The fraction of sp³-hybridized carbons (Fsp3) is 1.00.